The molecule has 0 aliphatic rings. The maximum Gasteiger partial charge on any atom is 0.328 e. The molecular formula is C10H21N3O3. The number of amides is 2. The molecule has 0 unspecified atom stereocenters. The van der Waals surface area contributed by atoms with Gasteiger partial charge in [-0.25, -0.2) is 9.59 Å². The fourth-order valence-electron chi connectivity index (χ4n) is 0.882. The predicted molar refractivity (Wildman–Crippen MR) is 60.9 cm³/mol. The molecule has 0 radical (unpaired) electrons. The van der Waals surface area contributed by atoms with Crippen LogP contribution in [0.4, 0.5) is 4.79 Å². The molecule has 6 nitrogen and oxygen atoms in total. The highest BCUT2D eigenvalue weighted by atomic mass is 16.6. The van der Waals surface area contributed by atoms with Gasteiger partial charge in [0.25, 0.3) is 0 Å². The van der Waals surface area contributed by atoms with Crippen LogP contribution in [0.1, 0.15) is 27.7 Å². The van der Waals surface area contributed by atoms with Crippen molar-refractivity contribution in [2.24, 2.45) is 5.73 Å². The fraction of sp³-hybridized carbons (Fsp3) is 0.800. The highest BCUT2D eigenvalue weighted by Crippen LogP contribution is 2.08. The van der Waals surface area contributed by atoms with E-state index in [0.29, 0.717) is 13.1 Å². The molecule has 16 heavy (non-hydrogen) atoms. The third-order valence-corrected chi connectivity index (χ3v) is 1.54. The lowest BCUT2D eigenvalue weighted by Crippen LogP contribution is -2.47. The van der Waals surface area contributed by atoms with Gasteiger partial charge in [-0.3, -0.25) is 0 Å². The Labute approximate surface area is 95.9 Å². The molecule has 1 atom stereocenters. The predicted octanol–water partition coefficient (Wildman–Crippen LogP) is -0.0255. The van der Waals surface area contributed by atoms with Crippen LogP contribution in [0.15, 0.2) is 0 Å². The van der Waals surface area contributed by atoms with Crippen molar-refractivity contribution in [1.82, 2.24) is 10.6 Å². The summed E-state index contributed by atoms with van der Waals surface area (Å²) in [5, 5.41) is 4.96. The summed E-state index contributed by atoms with van der Waals surface area (Å²) in [7, 11) is 0. The first-order valence-electron chi connectivity index (χ1n) is 5.23. The van der Waals surface area contributed by atoms with Crippen molar-refractivity contribution in [3.8, 4) is 0 Å². The summed E-state index contributed by atoms with van der Waals surface area (Å²) in [6, 6.07) is -1.11. The topological polar surface area (TPSA) is 93.5 Å². The Kier molecular flexibility index (Phi) is 5.81. The zero-order valence-corrected chi connectivity index (χ0v) is 10.3. The second-order valence-corrected chi connectivity index (χ2v) is 4.44. The molecule has 0 spiro atoms. The van der Waals surface area contributed by atoms with E-state index in [1.54, 1.807) is 27.7 Å². The summed E-state index contributed by atoms with van der Waals surface area (Å²) in [4.78, 5) is 22.7. The number of nitrogens with one attached hydrogen (secondary N) is 2. The molecule has 0 aromatic heterocycles. The van der Waals surface area contributed by atoms with Gasteiger partial charge in [0.2, 0.25) is 0 Å². The van der Waals surface area contributed by atoms with Crippen LogP contribution >= 0.6 is 0 Å². The molecular weight excluding hydrogens is 210 g/mol. The Balaban J connectivity index is 4.01. The molecule has 6 heteroatoms. The summed E-state index contributed by atoms with van der Waals surface area (Å²) in [5.41, 5.74) is 4.66. The standard InChI is InChI=1S/C10H21N3O3/c1-7(8(14)16-10(2,3)4)13-9(15)12-6-5-11/h7H,5-6,11H2,1-4H3,(H2,12,13,15)/t7-/m0/s1. The second kappa shape index (κ2) is 6.32. The fourth-order valence-corrected chi connectivity index (χ4v) is 0.882. The zero-order chi connectivity index (χ0) is 12.8. The van der Waals surface area contributed by atoms with Gasteiger partial charge in [0.1, 0.15) is 11.6 Å². The summed E-state index contributed by atoms with van der Waals surface area (Å²) >= 11 is 0. The van der Waals surface area contributed by atoms with Gasteiger partial charge in [-0.05, 0) is 27.7 Å². The number of nitrogens with two attached hydrogens (primary N) is 1. The molecule has 0 aliphatic heterocycles. The SMILES string of the molecule is C[C@H](NC(=O)NCCN)C(=O)OC(C)(C)C. The minimum absolute atomic E-state index is 0.355. The van der Waals surface area contributed by atoms with E-state index in [4.69, 9.17) is 10.5 Å². The third kappa shape index (κ3) is 7.05. The van der Waals surface area contributed by atoms with Crippen molar-refractivity contribution >= 4 is 12.0 Å². The minimum atomic E-state index is -0.683. The number of carbonyl (C=O) groups excluding carboxylic acids is 2. The Morgan fingerprint density at radius 1 is 1.38 bits per heavy atom. The number of hydrogen-bond acceptors (Lipinski definition) is 4. The number of urea groups is 1. The quantitative estimate of drug-likeness (QED) is 0.592. The molecule has 0 bridgehead atoms. The van der Waals surface area contributed by atoms with E-state index in [2.05, 4.69) is 10.6 Å². The van der Waals surface area contributed by atoms with Gasteiger partial charge in [0.05, 0.1) is 0 Å². The Morgan fingerprint density at radius 3 is 2.38 bits per heavy atom. The summed E-state index contributed by atoms with van der Waals surface area (Å²) in [6.45, 7) is 7.60. The minimum Gasteiger partial charge on any atom is -0.458 e. The number of rotatable bonds is 4. The van der Waals surface area contributed by atoms with Gasteiger partial charge in [0.15, 0.2) is 0 Å². The highest BCUT2D eigenvalue weighted by molar-refractivity contribution is 5.83. The van der Waals surface area contributed by atoms with E-state index in [1.165, 1.54) is 0 Å². The average molecular weight is 231 g/mol. The first kappa shape index (κ1) is 14.7. The van der Waals surface area contributed by atoms with E-state index in [9.17, 15) is 9.59 Å². The second-order valence-electron chi connectivity index (χ2n) is 4.44. The number of ether oxygens (including phenoxy) is 1. The van der Waals surface area contributed by atoms with Gasteiger partial charge in [-0.1, -0.05) is 0 Å². The number of esters is 1. The van der Waals surface area contributed by atoms with E-state index in [0.717, 1.165) is 0 Å². The molecule has 0 aliphatic carbocycles. The largest absolute Gasteiger partial charge is 0.458 e. The first-order valence-corrected chi connectivity index (χ1v) is 5.23. The Hall–Kier alpha value is -1.30. The monoisotopic (exact) mass is 231 g/mol. The number of carbonyl (C=O) groups is 2. The smallest absolute Gasteiger partial charge is 0.328 e. The van der Waals surface area contributed by atoms with Crippen molar-refractivity contribution in [3.63, 3.8) is 0 Å². The van der Waals surface area contributed by atoms with Gasteiger partial charge in [0, 0.05) is 13.1 Å². The van der Waals surface area contributed by atoms with E-state index >= 15 is 0 Å². The third-order valence-electron chi connectivity index (χ3n) is 1.54. The van der Waals surface area contributed by atoms with E-state index in [-0.39, 0.29) is 0 Å². The molecule has 0 saturated heterocycles. The van der Waals surface area contributed by atoms with Crippen molar-refractivity contribution in [2.75, 3.05) is 13.1 Å². The lowest BCUT2D eigenvalue weighted by molar-refractivity contribution is -0.156. The van der Waals surface area contributed by atoms with Crippen LogP contribution in [0.2, 0.25) is 0 Å². The summed E-state index contributed by atoms with van der Waals surface area (Å²) in [6.07, 6.45) is 0. The Morgan fingerprint density at radius 2 is 1.94 bits per heavy atom. The van der Waals surface area contributed by atoms with E-state index < -0.39 is 23.6 Å². The normalized spacial score (nSPS) is 12.8. The van der Waals surface area contributed by atoms with Crippen LogP contribution in [0.5, 0.6) is 0 Å². The first-order chi connectivity index (χ1) is 7.26. The Bertz CT molecular complexity index is 248. The molecule has 2 amide bonds. The lowest BCUT2D eigenvalue weighted by atomic mass is 10.2. The van der Waals surface area contributed by atoms with Crippen LogP contribution < -0.4 is 16.4 Å². The molecule has 0 rings (SSSR count). The van der Waals surface area contributed by atoms with Crippen LogP contribution in [-0.4, -0.2) is 36.7 Å². The highest BCUT2D eigenvalue weighted by Gasteiger charge is 2.22. The molecule has 0 aromatic carbocycles. The summed E-state index contributed by atoms with van der Waals surface area (Å²) < 4.78 is 5.10. The van der Waals surface area contributed by atoms with Gasteiger partial charge >= 0.3 is 12.0 Å². The molecule has 0 aromatic rings. The van der Waals surface area contributed by atoms with Crippen molar-refractivity contribution in [1.29, 1.82) is 0 Å². The number of hydrogen-bond donors (Lipinski definition) is 3. The molecule has 0 fully saturated rings. The molecule has 94 valence electrons. The van der Waals surface area contributed by atoms with Crippen LogP contribution in [0.3, 0.4) is 0 Å². The van der Waals surface area contributed by atoms with Crippen LogP contribution in [0, 0.1) is 0 Å². The molecule has 0 saturated carbocycles. The summed E-state index contributed by atoms with van der Waals surface area (Å²) in [5.74, 6) is -0.463. The molecule has 4 N–H and O–H groups in total. The van der Waals surface area contributed by atoms with Crippen molar-refractivity contribution in [2.45, 2.75) is 39.3 Å². The van der Waals surface area contributed by atoms with Gasteiger partial charge < -0.3 is 21.1 Å². The maximum absolute atomic E-state index is 11.5. The van der Waals surface area contributed by atoms with Gasteiger partial charge in [-0.15, -0.1) is 0 Å². The zero-order valence-electron chi connectivity index (χ0n) is 10.3. The van der Waals surface area contributed by atoms with Crippen LogP contribution in [0.25, 0.3) is 0 Å². The van der Waals surface area contributed by atoms with E-state index in [1.807, 2.05) is 0 Å². The van der Waals surface area contributed by atoms with Crippen molar-refractivity contribution < 1.29 is 14.3 Å². The van der Waals surface area contributed by atoms with Gasteiger partial charge in [-0.2, -0.15) is 0 Å². The van der Waals surface area contributed by atoms with Crippen molar-refractivity contribution in [3.05, 3.63) is 0 Å². The lowest BCUT2D eigenvalue weighted by Gasteiger charge is -2.22. The molecule has 0 heterocycles. The average Bonchev–Trinajstić information content (AvgIpc) is 2.11. The van der Waals surface area contributed by atoms with Crippen LogP contribution in [-0.2, 0) is 9.53 Å². The maximum atomic E-state index is 11.5.